The van der Waals surface area contributed by atoms with E-state index >= 15 is 0 Å². The number of hydrogen-bond acceptors (Lipinski definition) is 2. The number of benzene rings is 3. The van der Waals surface area contributed by atoms with E-state index in [9.17, 15) is 0 Å². The summed E-state index contributed by atoms with van der Waals surface area (Å²) >= 11 is 0. The predicted octanol–water partition coefficient (Wildman–Crippen LogP) is 9.18. The van der Waals surface area contributed by atoms with Crippen LogP contribution in [0.1, 0.15) is 18.9 Å². The molecule has 3 atom stereocenters. The summed E-state index contributed by atoms with van der Waals surface area (Å²) in [7, 11) is 0. The van der Waals surface area contributed by atoms with Crippen LogP contribution in [0.25, 0.3) is 6.08 Å². The summed E-state index contributed by atoms with van der Waals surface area (Å²) in [5.74, 6) is 0.394. The van der Waals surface area contributed by atoms with Gasteiger partial charge in [0.05, 0.1) is 12.1 Å². The number of anilines is 4. The Balaban J connectivity index is 1.55. The monoisotopic (exact) mass is 482 g/mol. The smallest absolute Gasteiger partial charge is 0.0548 e. The lowest BCUT2D eigenvalue weighted by atomic mass is 9.89. The van der Waals surface area contributed by atoms with Crippen molar-refractivity contribution in [3.8, 4) is 0 Å². The molecule has 0 fully saturated rings. The second kappa shape index (κ2) is 11.2. The first-order chi connectivity index (χ1) is 18.2. The van der Waals surface area contributed by atoms with Crippen LogP contribution < -0.4 is 9.80 Å². The van der Waals surface area contributed by atoms with E-state index in [0.717, 1.165) is 29.0 Å². The summed E-state index contributed by atoms with van der Waals surface area (Å²) in [5.41, 5.74) is 6.85. The van der Waals surface area contributed by atoms with Gasteiger partial charge >= 0.3 is 0 Å². The highest BCUT2D eigenvalue weighted by Gasteiger charge is 2.29. The number of hydrogen-bond donors (Lipinski definition) is 0. The molecule has 3 aromatic rings. The first-order valence-corrected chi connectivity index (χ1v) is 13.0. The minimum atomic E-state index is 0.250. The van der Waals surface area contributed by atoms with Crippen LogP contribution in [-0.4, -0.2) is 12.1 Å². The van der Waals surface area contributed by atoms with Crippen LogP contribution in [0.4, 0.5) is 22.7 Å². The molecule has 0 amide bonds. The fraction of sp³-hybridized carbons (Fsp3) is 0.143. The summed E-state index contributed by atoms with van der Waals surface area (Å²) in [4.78, 5) is 4.86. The Kier molecular flexibility index (Phi) is 7.37. The van der Waals surface area contributed by atoms with Crippen LogP contribution >= 0.6 is 0 Å². The maximum Gasteiger partial charge on any atom is 0.0548 e. The molecule has 0 radical (unpaired) electrons. The molecule has 0 heterocycles. The van der Waals surface area contributed by atoms with Crippen molar-refractivity contribution in [2.75, 3.05) is 9.80 Å². The van der Waals surface area contributed by atoms with Crippen molar-refractivity contribution in [2.45, 2.75) is 25.4 Å². The largest absolute Gasteiger partial charge is 0.358 e. The van der Waals surface area contributed by atoms with Crippen molar-refractivity contribution in [1.29, 1.82) is 0 Å². The molecule has 5 rings (SSSR count). The number of allylic oxidation sites excluding steroid dienone is 5. The van der Waals surface area contributed by atoms with Gasteiger partial charge in [-0.1, -0.05) is 105 Å². The highest BCUT2D eigenvalue weighted by molar-refractivity contribution is 5.78. The Morgan fingerprint density at radius 3 is 2.19 bits per heavy atom. The standard InChI is InChI=1S/C35H34N2/c1-4-28-13-12-18-34(25-28)36(30-14-8-6-9-15-30)32-21-23-33(24-22-32)37(31-16-10-7-11-17-31)35-26-29(5-2)20-19-27(35)3/h4-16,18-27,31,35H,1-2,17H2,3H3. The zero-order valence-electron chi connectivity index (χ0n) is 21.4. The molecule has 2 aliphatic carbocycles. The summed E-state index contributed by atoms with van der Waals surface area (Å²) < 4.78 is 0. The lowest BCUT2D eigenvalue weighted by Gasteiger charge is -2.41. The molecule has 0 bridgehead atoms. The molecule has 2 aliphatic rings. The molecule has 2 heteroatoms. The van der Waals surface area contributed by atoms with E-state index in [-0.39, 0.29) is 6.04 Å². The third-order valence-electron chi connectivity index (χ3n) is 7.15. The van der Waals surface area contributed by atoms with Crippen LogP contribution in [0.2, 0.25) is 0 Å². The molecule has 0 aromatic heterocycles. The van der Waals surface area contributed by atoms with Gasteiger partial charge in [0.2, 0.25) is 0 Å². The Morgan fingerprint density at radius 1 is 0.757 bits per heavy atom. The maximum absolute atomic E-state index is 4.01. The summed E-state index contributed by atoms with van der Waals surface area (Å²) in [6.07, 6.45) is 20.6. The second-order valence-corrected chi connectivity index (χ2v) is 9.59. The van der Waals surface area contributed by atoms with Crippen molar-refractivity contribution in [3.05, 3.63) is 152 Å². The van der Waals surface area contributed by atoms with E-state index in [2.05, 4.69) is 151 Å². The third kappa shape index (κ3) is 5.29. The second-order valence-electron chi connectivity index (χ2n) is 9.59. The van der Waals surface area contributed by atoms with E-state index in [1.807, 2.05) is 12.2 Å². The van der Waals surface area contributed by atoms with Crippen LogP contribution in [0.5, 0.6) is 0 Å². The minimum Gasteiger partial charge on any atom is -0.358 e. The van der Waals surface area contributed by atoms with Gasteiger partial charge in [0.1, 0.15) is 0 Å². The molecule has 184 valence electrons. The molecule has 0 spiro atoms. The summed E-state index contributed by atoms with van der Waals surface area (Å²) in [5, 5.41) is 0. The van der Waals surface area contributed by atoms with Crippen molar-refractivity contribution in [2.24, 2.45) is 5.92 Å². The fourth-order valence-electron chi connectivity index (χ4n) is 5.20. The van der Waals surface area contributed by atoms with Gasteiger partial charge in [-0.25, -0.2) is 0 Å². The van der Waals surface area contributed by atoms with E-state index in [1.165, 1.54) is 11.3 Å². The van der Waals surface area contributed by atoms with Gasteiger partial charge in [-0.15, -0.1) is 0 Å². The number of nitrogens with zero attached hydrogens (tertiary/aromatic N) is 2. The number of para-hydroxylation sites is 1. The summed E-state index contributed by atoms with van der Waals surface area (Å²) in [6, 6.07) is 28.6. The zero-order chi connectivity index (χ0) is 25.6. The third-order valence-corrected chi connectivity index (χ3v) is 7.15. The molecule has 0 aliphatic heterocycles. The topological polar surface area (TPSA) is 6.48 Å². The molecule has 0 saturated carbocycles. The normalized spacial score (nSPS) is 20.2. The average Bonchev–Trinajstić information content (AvgIpc) is 2.96. The van der Waals surface area contributed by atoms with E-state index in [1.54, 1.807) is 0 Å². The maximum atomic E-state index is 4.01. The van der Waals surface area contributed by atoms with E-state index in [0.29, 0.717) is 12.0 Å². The van der Waals surface area contributed by atoms with Crippen LogP contribution in [-0.2, 0) is 0 Å². The summed E-state index contributed by atoms with van der Waals surface area (Å²) in [6.45, 7) is 10.3. The predicted molar refractivity (Wildman–Crippen MR) is 161 cm³/mol. The minimum absolute atomic E-state index is 0.250. The van der Waals surface area contributed by atoms with Crippen molar-refractivity contribution >= 4 is 28.8 Å². The van der Waals surface area contributed by atoms with Gasteiger partial charge in [0.15, 0.2) is 0 Å². The Morgan fingerprint density at radius 2 is 1.49 bits per heavy atom. The van der Waals surface area contributed by atoms with Crippen LogP contribution in [0, 0.1) is 5.92 Å². The van der Waals surface area contributed by atoms with Gasteiger partial charge in [-0.2, -0.15) is 0 Å². The quantitative estimate of drug-likeness (QED) is 0.316. The Hall–Kier alpha value is -4.30. The molecular formula is C35H34N2. The van der Waals surface area contributed by atoms with Crippen LogP contribution in [0.15, 0.2) is 146 Å². The number of rotatable bonds is 8. The lowest BCUT2D eigenvalue weighted by molar-refractivity contribution is 0.525. The lowest BCUT2D eigenvalue weighted by Crippen LogP contribution is -2.45. The fourth-order valence-corrected chi connectivity index (χ4v) is 5.20. The average molecular weight is 483 g/mol. The Labute approximate surface area is 221 Å². The van der Waals surface area contributed by atoms with Gasteiger partial charge in [0.25, 0.3) is 0 Å². The van der Waals surface area contributed by atoms with Crippen molar-refractivity contribution in [3.63, 3.8) is 0 Å². The molecular weight excluding hydrogens is 448 g/mol. The van der Waals surface area contributed by atoms with E-state index in [4.69, 9.17) is 0 Å². The molecule has 2 nitrogen and oxygen atoms in total. The van der Waals surface area contributed by atoms with Crippen molar-refractivity contribution < 1.29 is 0 Å². The van der Waals surface area contributed by atoms with Crippen molar-refractivity contribution in [1.82, 2.24) is 0 Å². The van der Waals surface area contributed by atoms with Gasteiger partial charge in [-0.3, -0.25) is 0 Å². The highest BCUT2D eigenvalue weighted by atomic mass is 15.2. The molecule has 0 saturated heterocycles. The van der Waals surface area contributed by atoms with Crippen LogP contribution in [0.3, 0.4) is 0 Å². The van der Waals surface area contributed by atoms with Gasteiger partial charge in [0, 0.05) is 22.7 Å². The molecule has 3 unspecified atom stereocenters. The SMILES string of the molecule is C=CC1=CC(N(c2ccc(N(c3ccccc3)c3cccc(C=C)c3)cc2)C2C=CC=CC2)C(C)C=C1. The zero-order valence-corrected chi connectivity index (χ0v) is 21.4. The first kappa shape index (κ1) is 24.4. The van der Waals surface area contributed by atoms with Gasteiger partial charge in [-0.05, 0) is 72.0 Å². The molecule has 37 heavy (non-hydrogen) atoms. The molecule has 0 N–H and O–H groups in total. The molecule has 3 aromatic carbocycles. The van der Waals surface area contributed by atoms with E-state index < -0.39 is 0 Å². The first-order valence-electron chi connectivity index (χ1n) is 13.0. The highest BCUT2D eigenvalue weighted by Crippen LogP contribution is 2.37. The Bertz CT molecular complexity index is 1360. The van der Waals surface area contributed by atoms with Gasteiger partial charge < -0.3 is 9.80 Å².